The highest BCUT2D eigenvalue weighted by Crippen LogP contribution is 2.27. The fourth-order valence-electron chi connectivity index (χ4n) is 2.95. The van der Waals surface area contributed by atoms with E-state index in [0.29, 0.717) is 48.8 Å². The Morgan fingerprint density at radius 2 is 1.67 bits per heavy atom. The van der Waals surface area contributed by atoms with Crippen molar-refractivity contribution in [3.8, 4) is 28.7 Å². The van der Waals surface area contributed by atoms with Crippen LogP contribution in [-0.2, 0) is 6.54 Å². The van der Waals surface area contributed by atoms with Crippen molar-refractivity contribution >= 4 is 29.9 Å². The van der Waals surface area contributed by atoms with Gasteiger partial charge in [0, 0.05) is 37.4 Å². The molecule has 0 saturated carbocycles. The third-order valence-electron chi connectivity index (χ3n) is 4.72. The summed E-state index contributed by atoms with van der Waals surface area (Å²) in [5, 5.41) is 6.51. The van der Waals surface area contributed by atoms with Crippen molar-refractivity contribution in [1.29, 1.82) is 0 Å². The monoisotopic (exact) mass is 566 g/mol. The van der Waals surface area contributed by atoms with Crippen LogP contribution in [0.3, 0.4) is 0 Å². The van der Waals surface area contributed by atoms with Crippen LogP contribution in [0.1, 0.15) is 17.7 Å². The summed E-state index contributed by atoms with van der Waals surface area (Å²) in [5.74, 6) is 3.39. The number of halogens is 1. The molecule has 2 N–H and O–H groups in total. The van der Waals surface area contributed by atoms with E-state index in [1.807, 2.05) is 42.5 Å². The molecule has 33 heavy (non-hydrogen) atoms. The Kier molecular flexibility index (Phi) is 10.8. The number of nitrogens with zero attached hydrogens (tertiary/aromatic N) is 2. The average Bonchev–Trinajstić information content (AvgIpc) is 3.30. The molecule has 0 atom stereocenters. The highest BCUT2D eigenvalue weighted by Gasteiger charge is 2.07. The van der Waals surface area contributed by atoms with Gasteiger partial charge in [0.05, 0.1) is 33.1 Å². The Bertz CT molecular complexity index is 999. The molecule has 0 saturated heterocycles. The second kappa shape index (κ2) is 13.6. The Balaban J connectivity index is 0.00000385. The van der Waals surface area contributed by atoms with Crippen LogP contribution in [0.25, 0.3) is 11.5 Å². The van der Waals surface area contributed by atoms with E-state index in [9.17, 15) is 0 Å². The van der Waals surface area contributed by atoms with E-state index >= 15 is 0 Å². The first-order valence-electron chi connectivity index (χ1n) is 10.4. The number of guanidine groups is 1. The van der Waals surface area contributed by atoms with Crippen LogP contribution in [0.5, 0.6) is 17.2 Å². The van der Waals surface area contributed by atoms with Gasteiger partial charge in [-0.1, -0.05) is 17.7 Å². The Hall–Kier alpha value is -2.95. The number of rotatable bonds is 10. The third kappa shape index (κ3) is 8.16. The predicted octanol–water partition coefficient (Wildman–Crippen LogP) is 4.42. The lowest BCUT2D eigenvalue weighted by atomic mass is 10.1. The number of hydrogen-bond donors (Lipinski definition) is 2. The van der Waals surface area contributed by atoms with Crippen molar-refractivity contribution in [3.05, 3.63) is 60.0 Å². The molecule has 0 spiro atoms. The van der Waals surface area contributed by atoms with Crippen LogP contribution in [0.4, 0.5) is 0 Å². The Morgan fingerprint density at radius 3 is 2.30 bits per heavy atom. The molecule has 1 heterocycles. The van der Waals surface area contributed by atoms with E-state index in [0.717, 1.165) is 17.7 Å². The van der Waals surface area contributed by atoms with Gasteiger partial charge >= 0.3 is 0 Å². The van der Waals surface area contributed by atoms with Gasteiger partial charge < -0.3 is 29.3 Å². The first-order valence-corrected chi connectivity index (χ1v) is 10.4. The molecule has 0 aliphatic carbocycles. The summed E-state index contributed by atoms with van der Waals surface area (Å²) >= 11 is 0. The molecule has 0 aliphatic rings. The molecule has 2 aromatic carbocycles. The second-order valence-electron chi connectivity index (χ2n) is 7.11. The second-order valence-corrected chi connectivity index (χ2v) is 7.11. The molecule has 8 nitrogen and oxygen atoms in total. The van der Waals surface area contributed by atoms with Crippen molar-refractivity contribution in [2.24, 2.45) is 4.99 Å². The summed E-state index contributed by atoms with van der Waals surface area (Å²) in [6.45, 7) is 3.81. The van der Waals surface area contributed by atoms with E-state index in [-0.39, 0.29) is 24.0 Å². The molecule has 1 aromatic heterocycles. The number of aliphatic imine (C=N–C) groups is 1. The number of aromatic nitrogens is 1. The van der Waals surface area contributed by atoms with Crippen LogP contribution in [0.15, 0.2) is 58.1 Å². The Morgan fingerprint density at radius 1 is 1.00 bits per heavy atom. The van der Waals surface area contributed by atoms with Gasteiger partial charge in [-0.05, 0) is 25.5 Å². The molecule has 0 amide bonds. The first-order chi connectivity index (χ1) is 15.6. The third-order valence-corrected chi connectivity index (χ3v) is 4.72. The van der Waals surface area contributed by atoms with Crippen LogP contribution >= 0.6 is 24.0 Å². The zero-order valence-electron chi connectivity index (χ0n) is 19.4. The van der Waals surface area contributed by atoms with Crippen molar-refractivity contribution < 1.29 is 18.6 Å². The summed E-state index contributed by atoms with van der Waals surface area (Å²) in [4.78, 5) is 8.78. The molecule has 0 fully saturated rings. The average molecular weight is 566 g/mol. The van der Waals surface area contributed by atoms with Crippen LogP contribution < -0.4 is 24.8 Å². The minimum absolute atomic E-state index is 0. The number of benzene rings is 2. The summed E-state index contributed by atoms with van der Waals surface area (Å²) in [6.07, 6.45) is 2.45. The maximum atomic E-state index is 5.81. The fourth-order valence-corrected chi connectivity index (χ4v) is 2.95. The maximum Gasteiger partial charge on any atom is 0.226 e. The van der Waals surface area contributed by atoms with Crippen molar-refractivity contribution in [3.63, 3.8) is 0 Å². The van der Waals surface area contributed by atoms with E-state index in [1.165, 1.54) is 5.56 Å². The lowest BCUT2D eigenvalue weighted by molar-refractivity contribution is 0.305. The molecular weight excluding hydrogens is 535 g/mol. The number of oxazole rings is 1. The van der Waals surface area contributed by atoms with Gasteiger partial charge in [0.1, 0.15) is 23.5 Å². The normalized spacial score (nSPS) is 10.8. The van der Waals surface area contributed by atoms with Gasteiger partial charge in [-0.15, -0.1) is 24.0 Å². The minimum Gasteiger partial charge on any atom is -0.496 e. The molecule has 0 bridgehead atoms. The number of hydrogen-bond acceptors (Lipinski definition) is 6. The molecule has 9 heteroatoms. The van der Waals surface area contributed by atoms with Crippen LogP contribution in [-0.4, -0.2) is 45.4 Å². The number of methoxy groups -OCH3 is 2. The van der Waals surface area contributed by atoms with E-state index in [1.54, 1.807) is 27.5 Å². The standard InChI is InChI=1S/C24H30N4O4.HI/c1-17-6-8-18(9-7-17)23-28-19(16-32-23)15-27-24(25-2)26-10-5-11-31-22-13-20(29-3)12-21(14-22)30-4;/h6-9,12-14,16H,5,10-11,15H2,1-4H3,(H2,25,26,27);1H. The lowest BCUT2D eigenvalue weighted by Gasteiger charge is -2.12. The minimum atomic E-state index is 0. The highest BCUT2D eigenvalue weighted by molar-refractivity contribution is 14.0. The van der Waals surface area contributed by atoms with Gasteiger partial charge in [0.25, 0.3) is 0 Å². The summed E-state index contributed by atoms with van der Waals surface area (Å²) in [5.41, 5.74) is 2.96. The number of nitrogens with one attached hydrogen (secondary N) is 2. The van der Waals surface area contributed by atoms with E-state index < -0.39 is 0 Å². The number of ether oxygens (including phenoxy) is 3. The van der Waals surface area contributed by atoms with Crippen molar-refractivity contribution in [2.45, 2.75) is 19.9 Å². The molecule has 0 unspecified atom stereocenters. The largest absolute Gasteiger partial charge is 0.496 e. The van der Waals surface area contributed by atoms with Gasteiger partial charge in [-0.3, -0.25) is 4.99 Å². The lowest BCUT2D eigenvalue weighted by Crippen LogP contribution is -2.37. The van der Waals surface area contributed by atoms with Gasteiger partial charge in [0.15, 0.2) is 5.96 Å². The Labute approximate surface area is 211 Å². The first kappa shape index (κ1) is 26.3. The zero-order chi connectivity index (χ0) is 22.8. The quantitative estimate of drug-likeness (QED) is 0.163. The molecule has 3 rings (SSSR count). The SMILES string of the molecule is CN=C(NCCCOc1cc(OC)cc(OC)c1)NCc1coc(-c2ccc(C)cc2)n1.I. The van der Waals surface area contributed by atoms with Crippen molar-refractivity contribution in [2.75, 3.05) is 34.4 Å². The van der Waals surface area contributed by atoms with E-state index in [2.05, 4.69) is 27.5 Å². The van der Waals surface area contributed by atoms with Crippen molar-refractivity contribution in [1.82, 2.24) is 15.6 Å². The molecular formula is C24H31IN4O4. The molecule has 178 valence electrons. The molecule has 0 aliphatic heterocycles. The topological polar surface area (TPSA) is 90.1 Å². The van der Waals surface area contributed by atoms with Gasteiger partial charge in [0.2, 0.25) is 5.89 Å². The summed E-state index contributed by atoms with van der Waals surface area (Å²) in [6, 6.07) is 13.6. The van der Waals surface area contributed by atoms with Gasteiger partial charge in [-0.25, -0.2) is 4.98 Å². The smallest absolute Gasteiger partial charge is 0.226 e. The molecule has 3 aromatic rings. The van der Waals surface area contributed by atoms with Crippen LogP contribution in [0.2, 0.25) is 0 Å². The summed E-state index contributed by atoms with van der Waals surface area (Å²) in [7, 11) is 4.96. The fraction of sp³-hybridized carbons (Fsp3) is 0.333. The zero-order valence-corrected chi connectivity index (χ0v) is 21.7. The summed E-state index contributed by atoms with van der Waals surface area (Å²) < 4.78 is 21.9. The maximum absolute atomic E-state index is 5.81. The number of aryl methyl sites for hydroxylation is 1. The predicted molar refractivity (Wildman–Crippen MR) is 140 cm³/mol. The van der Waals surface area contributed by atoms with Crippen LogP contribution in [0, 0.1) is 6.92 Å². The van der Waals surface area contributed by atoms with Gasteiger partial charge in [-0.2, -0.15) is 0 Å². The molecule has 0 radical (unpaired) electrons. The van der Waals surface area contributed by atoms with E-state index in [4.69, 9.17) is 18.6 Å². The highest BCUT2D eigenvalue weighted by atomic mass is 127.